The van der Waals surface area contributed by atoms with Crippen LogP contribution in [0.25, 0.3) is 0 Å². The third-order valence-corrected chi connectivity index (χ3v) is 5.72. The zero-order chi connectivity index (χ0) is 18.2. The Balaban J connectivity index is 1.62. The van der Waals surface area contributed by atoms with Crippen molar-refractivity contribution >= 4 is 38.7 Å². The Morgan fingerprint density at radius 1 is 1.20 bits per heavy atom. The number of carbonyl (C=O) groups is 1. The van der Waals surface area contributed by atoms with Crippen LogP contribution in [0.1, 0.15) is 14.5 Å². The Hall–Kier alpha value is -2.21. The number of halogens is 3. The summed E-state index contributed by atoms with van der Waals surface area (Å²) in [6, 6.07) is 2.69. The molecule has 0 N–H and O–H groups in total. The van der Waals surface area contributed by atoms with Crippen LogP contribution < -0.4 is 4.90 Å². The summed E-state index contributed by atoms with van der Waals surface area (Å²) in [7, 11) is 0. The fraction of sp³-hybridized carbons (Fsp3) is 0.385. The van der Waals surface area contributed by atoms with Gasteiger partial charge < -0.3 is 9.80 Å². The first-order valence-corrected chi connectivity index (χ1v) is 8.70. The maximum Gasteiger partial charge on any atom is 0.427 e. The normalized spacial score (nSPS) is 15.5. The number of piperazine rings is 1. The Labute approximate surface area is 147 Å². The van der Waals surface area contributed by atoms with Crippen LogP contribution in [0.5, 0.6) is 0 Å². The van der Waals surface area contributed by atoms with Gasteiger partial charge in [-0.25, -0.2) is 4.98 Å². The molecular formula is C13H11F3N4O3S2. The Bertz CT molecular complexity index is 797. The molecule has 3 rings (SSSR count). The SMILES string of the molecule is O=C(c1ccc([N+](=O)[O-])s1)N1CCN(c2ncc(C(F)(F)F)s2)CC1. The van der Waals surface area contributed by atoms with E-state index in [1.165, 1.54) is 17.0 Å². The maximum atomic E-state index is 12.6. The quantitative estimate of drug-likeness (QED) is 0.592. The number of carbonyl (C=O) groups excluding carboxylic acids is 1. The van der Waals surface area contributed by atoms with E-state index >= 15 is 0 Å². The number of hydrogen-bond donors (Lipinski definition) is 0. The molecule has 0 bridgehead atoms. The monoisotopic (exact) mass is 392 g/mol. The number of nitrogens with zero attached hydrogens (tertiary/aromatic N) is 4. The molecule has 1 amide bonds. The molecule has 1 aliphatic rings. The third-order valence-electron chi connectivity index (χ3n) is 3.59. The number of anilines is 1. The van der Waals surface area contributed by atoms with Crippen molar-refractivity contribution in [3.63, 3.8) is 0 Å². The lowest BCUT2D eigenvalue weighted by atomic mass is 10.3. The van der Waals surface area contributed by atoms with E-state index in [-0.39, 0.29) is 20.9 Å². The number of aromatic nitrogens is 1. The fourth-order valence-corrected chi connectivity index (χ4v) is 3.96. The van der Waals surface area contributed by atoms with Crippen LogP contribution in [0.3, 0.4) is 0 Å². The van der Waals surface area contributed by atoms with Crippen molar-refractivity contribution in [2.24, 2.45) is 0 Å². The number of rotatable bonds is 3. The number of amides is 1. The topological polar surface area (TPSA) is 79.6 Å². The first-order valence-electron chi connectivity index (χ1n) is 7.07. The molecule has 0 unspecified atom stereocenters. The Morgan fingerprint density at radius 3 is 2.40 bits per heavy atom. The summed E-state index contributed by atoms with van der Waals surface area (Å²) in [5.74, 6) is -0.312. The summed E-state index contributed by atoms with van der Waals surface area (Å²) >= 11 is 1.38. The van der Waals surface area contributed by atoms with Crippen molar-refractivity contribution in [3.05, 3.63) is 38.2 Å². The largest absolute Gasteiger partial charge is 0.427 e. The van der Waals surface area contributed by atoms with Gasteiger partial charge in [-0.1, -0.05) is 22.7 Å². The average Bonchev–Trinajstić information content (AvgIpc) is 3.23. The second-order valence-electron chi connectivity index (χ2n) is 5.18. The molecule has 25 heavy (non-hydrogen) atoms. The van der Waals surface area contributed by atoms with Crippen LogP contribution in [0, 0.1) is 10.1 Å². The summed E-state index contributed by atoms with van der Waals surface area (Å²) in [6.07, 6.45) is -3.61. The van der Waals surface area contributed by atoms with Crippen molar-refractivity contribution in [1.29, 1.82) is 0 Å². The number of alkyl halides is 3. The zero-order valence-corrected chi connectivity index (χ0v) is 14.2. The van der Waals surface area contributed by atoms with Crippen LogP contribution in [0.15, 0.2) is 18.3 Å². The van der Waals surface area contributed by atoms with E-state index in [4.69, 9.17) is 0 Å². The van der Waals surface area contributed by atoms with Crippen LogP contribution >= 0.6 is 22.7 Å². The van der Waals surface area contributed by atoms with Gasteiger partial charge in [0.15, 0.2) is 5.13 Å². The standard InChI is InChI=1S/C13H11F3N4O3S2/c14-13(15,16)9-7-17-12(25-9)19-5-3-18(4-6-19)11(21)8-1-2-10(24-8)20(22)23/h1-2,7H,3-6H2. The van der Waals surface area contributed by atoms with Crippen LogP contribution in [-0.2, 0) is 6.18 Å². The van der Waals surface area contributed by atoms with Gasteiger partial charge in [0.2, 0.25) is 0 Å². The lowest BCUT2D eigenvalue weighted by Gasteiger charge is -2.34. The minimum atomic E-state index is -4.42. The van der Waals surface area contributed by atoms with Crippen molar-refractivity contribution in [2.75, 3.05) is 31.1 Å². The van der Waals surface area contributed by atoms with Gasteiger partial charge in [-0.3, -0.25) is 14.9 Å². The van der Waals surface area contributed by atoms with Gasteiger partial charge in [0.1, 0.15) is 4.88 Å². The van der Waals surface area contributed by atoms with E-state index in [1.54, 1.807) is 4.90 Å². The van der Waals surface area contributed by atoms with Gasteiger partial charge in [-0.2, -0.15) is 13.2 Å². The zero-order valence-electron chi connectivity index (χ0n) is 12.5. The molecule has 0 atom stereocenters. The highest BCUT2D eigenvalue weighted by molar-refractivity contribution is 7.17. The summed E-state index contributed by atoms with van der Waals surface area (Å²) < 4.78 is 37.9. The molecular weight excluding hydrogens is 381 g/mol. The molecule has 3 heterocycles. The number of nitro groups is 1. The molecule has 7 nitrogen and oxygen atoms in total. The molecule has 12 heteroatoms. The molecule has 0 radical (unpaired) electrons. The van der Waals surface area contributed by atoms with Crippen molar-refractivity contribution in [1.82, 2.24) is 9.88 Å². The van der Waals surface area contributed by atoms with Gasteiger partial charge in [-0.05, 0) is 6.07 Å². The molecule has 1 saturated heterocycles. The Morgan fingerprint density at radius 2 is 1.88 bits per heavy atom. The van der Waals surface area contributed by atoms with E-state index < -0.39 is 16.0 Å². The fourth-order valence-electron chi connectivity index (χ4n) is 2.34. The smallest absolute Gasteiger partial charge is 0.345 e. The molecule has 2 aromatic heterocycles. The van der Waals surface area contributed by atoms with Crippen molar-refractivity contribution in [3.8, 4) is 0 Å². The first kappa shape index (κ1) is 17.6. The predicted molar refractivity (Wildman–Crippen MR) is 86.2 cm³/mol. The second kappa shape index (κ2) is 6.59. The van der Waals surface area contributed by atoms with E-state index in [0.717, 1.165) is 17.5 Å². The predicted octanol–water partition coefficient (Wildman–Crippen LogP) is 3.09. The molecule has 134 valence electrons. The number of thiazole rings is 1. The minimum Gasteiger partial charge on any atom is -0.345 e. The summed E-state index contributed by atoms with van der Waals surface area (Å²) in [6.45, 7) is 1.32. The van der Waals surface area contributed by atoms with Crippen molar-refractivity contribution < 1.29 is 22.9 Å². The van der Waals surface area contributed by atoms with Gasteiger partial charge in [0.05, 0.1) is 16.0 Å². The third kappa shape index (κ3) is 3.74. The highest BCUT2D eigenvalue weighted by Crippen LogP contribution is 2.36. The molecule has 1 aliphatic heterocycles. The molecule has 1 fully saturated rings. The lowest BCUT2D eigenvalue weighted by molar-refractivity contribution is -0.380. The Kier molecular flexibility index (Phi) is 4.64. The van der Waals surface area contributed by atoms with E-state index in [2.05, 4.69) is 4.98 Å². The molecule has 0 aliphatic carbocycles. The first-order chi connectivity index (χ1) is 11.8. The molecule has 0 aromatic carbocycles. The van der Waals surface area contributed by atoms with Crippen LogP contribution in [0.4, 0.5) is 23.3 Å². The maximum absolute atomic E-state index is 12.6. The molecule has 0 spiro atoms. The average molecular weight is 392 g/mol. The lowest BCUT2D eigenvalue weighted by Crippen LogP contribution is -2.48. The summed E-state index contributed by atoms with van der Waals surface area (Å²) in [5.41, 5.74) is 0. The van der Waals surface area contributed by atoms with Gasteiger partial charge in [0, 0.05) is 32.2 Å². The van der Waals surface area contributed by atoms with E-state index in [9.17, 15) is 28.1 Å². The number of hydrogen-bond acceptors (Lipinski definition) is 7. The van der Waals surface area contributed by atoms with Gasteiger partial charge in [0.25, 0.3) is 5.91 Å². The minimum absolute atomic E-state index is 0.107. The second-order valence-corrected chi connectivity index (χ2v) is 7.25. The highest BCUT2D eigenvalue weighted by Gasteiger charge is 2.34. The van der Waals surface area contributed by atoms with Crippen LogP contribution in [0.2, 0.25) is 0 Å². The number of thiophene rings is 1. The van der Waals surface area contributed by atoms with E-state index in [1.807, 2.05) is 0 Å². The van der Waals surface area contributed by atoms with Gasteiger partial charge in [-0.15, -0.1) is 0 Å². The molecule has 0 saturated carbocycles. The molecule has 2 aromatic rings. The van der Waals surface area contributed by atoms with Crippen LogP contribution in [-0.4, -0.2) is 46.9 Å². The highest BCUT2D eigenvalue weighted by atomic mass is 32.1. The van der Waals surface area contributed by atoms with E-state index in [0.29, 0.717) is 37.5 Å². The van der Waals surface area contributed by atoms with Crippen molar-refractivity contribution in [2.45, 2.75) is 6.18 Å². The van der Waals surface area contributed by atoms with Gasteiger partial charge >= 0.3 is 11.2 Å². The summed E-state index contributed by atoms with van der Waals surface area (Å²) in [5, 5.41) is 10.8. The summed E-state index contributed by atoms with van der Waals surface area (Å²) in [4.78, 5) is 29.0.